The lowest BCUT2D eigenvalue weighted by Crippen LogP contribution is -2.51. The Kier molecular flexibility index (Phi) is 5.18. The van der Waals surface area contributed by atoms with Gasteiger partial charge in [0, 0.05) is 28.0 Å². The quantitative estimate of drug-likeness (QED) is 0.307. The third-order valence-corrected chi connectivity index (χ3v) is 8.14. The number of carbonyl (C=O) groups excluding carboxylic acids is 1. The van der Waals surface area contributed by atoms with E-state index in [0.717, 1.165) is 64.0 Å². The molecule has 6 rings (SSSR count). The highest BCUT2D eigenvalue weighted by Gasteiger charge is 2.55. The second-order valence-corrected chi connectivity index (χ2v) is 9.91. The smallest absolute Gasteiger partial charge is 0.165 e. The number of rotatable bonds is 3. The molecule has 0 radical (unpaired) electrons. The highest BCUT2D eigenvalue weighted by molar-refractivity contribution is 5.98. The number of Topliss-reactive ketones (excluding diaryl/α,β-unsaturated/α-hetero) is 1. The molecule has 2 heterocycles. The van der Waals surface area contributed by atoms with Crippen molar-refractivity contribution >= 4 is 16.8 Å². The average Bonchev–Trinajstić information content (AvgIpc) is 3.38. The van der Waals surface area contributed by atoms with Crippen LogP contribution in [-0.2, 0) is 16.6 Å². The van der Waals surface area contributed by atoms with Crippen molar-refractivity contribution in [1.29, 1.82) is 0 Å². The maximum absolute atomic E-state index is 13.2. The normalized spacial score (nSPS) is 24.5. The zero-order chi connectivity index (χ0) is 25.0. The molecule has 3 atom stereocenters. The summed E-state index contributed by atoms with van der Waals surface area (Å²) < 4.78 is 5.43. The van der Waals surface area contributed by atoms with Gasteiger partial charge in [0.2, 0.25) is 0 Å². The van der Waals surface area contributed by atoms with Crippen LogP contribution in [0.15, 0.2) is 60.6 Å². The minimum absolute atomic E-state index is 0.0186. The third kappa shape index (κ3) is 3.19. The minimum atomic E-state index is -0.569. The van der Waals surface area contributed by atoms with Crippen LogP contribution in [0, 0.1) is 18.8 Å². The number of H-pyrrole nitrogens is 1. The third-order valence-electron chi connectivity index (χ3n) is 8.14. The molecule has 2 aliphatic carbocycles. The molecule has 7 heteroatoms. The molecule has 0 unspecified atom stereocenters. The van der Waals surface area contributed by atoms with Crippen molar-refractivity contribution in [3.8, 4) is 17.0 Å². The van der Waals surface area contributed by atoms with Gasteiger partial charge in [-0.3, -0.25) is 4.79 Å². The van der Waals surface area contributed by atoms with Crippen LogP contribution in [0.4, 0.5) is 0 Å². The molecule has 2 aromatic heterocycles. The van der Waals surface area contributed by atoms with Gasteiger partial charge in [-0.15, -0.1) is 0 Å². The van der Waals surface area contributed by atoms with Crippen LogP contribution in [0.25, 0.3) is 22.3 Å². The van der Waals surface area contributed by atoms with E-state index in [0.29, 0.717) is 17.8 Å². The fourth-order valence-corrected chi connectivity index (χ4v) is 6.45. The summed E-state index contributed by atoms with van der Waals surface area (Å²) in [6.45, 7) is 3.90. The van der Waals surface area contributed by atoms with Gasteiger partial charge in [0.1, 0.15) is 11.6 Å². The lowest BCUT2D eigenvalue weighted by Gasteiger charge is -2.51. The fourth-order valence-electron chi connectivity index (χ4n) is 6.45. The molecular formula is C29H28N4O3. The largest absolute Gasteiger partial charge is 0.515 e. The van der Waals surface area contributed by atoms with Crippen molar-refractivity contribution in [2.45, 2.75) is 38.5 Å². The number of ketones is 1. The van der Waals surface area contributed by atoms with Gasteiger partial charge in [0.25, 0.3) is 0 Å². The first-order valence-electron chi connectivity index (χ1n) is 12.3. The average molecular weight is 481 g/mol. The number of imidazole rings is 1. The number of methoxy groups -OCH3 is 1. The molecule has 1 saturated carbocycles. The van der Waals surface area contributed by atoms with Crippen LogP contribution in [0.1, 0.15) is 42.4 Å². The molecule has 182 valence electrons. The first-order chi connectivity index (χ1) is 17.5. The molecule has 0 spiro atoms. The number of aromatic nitrogens is 4. The molecule has 2 aliphatic rings. The van der Waals surface area contributed by atoms with Crippen LogP contribution in [0.3, 0.4) is 0 Å². The first kappa shape index (κ1) is 22.5. The van der Waals surface area contributed by atoms with E-state index in [1.807, 2.05) is 32.0 Å². The SMILES string of the molecule is COc1ccc([C@]23CC(=CO)C(=O)[C@@H](C)[C@@H]2CCc2c(-c4ccc5[nH]cnc5c4)nc(C)nc23)cc1. The number of carbonyl (C=O) groups is 1. The number of aliphatic hydroxyl groups excluding tert-OH is 1. The molecule has 36 heavy (non-hydrogen) atoms. The molecule has 0 saturated heterocycles. The Labute approximate surface area is 209 Å². The minimum Gasteiger partial charge on any atom is -0.515 e. The zero-order valence-corrected chi connectivity index (χ0v) is 20.6. The van der Waals surface area contributed by atoms with Gasteiger partial charge in [-0.25, -0.2) is 15.0 Å². The van der Waals surface area contributed by atoms with E-state index in [1.54, 1.807) is 13.4 Å². The number of fused-ring (bicyclic) bond motifs is 4. The summed E-state index contributed by atoms with van der Waals surface area (Å²) >= 11 is 0. The van der Waals surface area contributed by atoms with Gasteiger partial charge in [0.05, 0.1) is 42.1 Å². The van der Waals surface area contributed by atoms with Crippen molar-refractivity contribution < 1.29 is 14.6 Å². The van der Waals surface area contributed by atoms with Gasteiger partial charge >= 0.3 is 0 Å². The second kappa shape index (κ2) is 8.29. The van der Waals surface area contributed by atoms with Crippen LogP contribution in [0.2, 0.25) is 0 Å². The van der Waals surface area contributed by atoms with E-state index in [9.17, 15) is 9.90 Å². The number of aliphatic hydroxyl groups is 1. The van der Waals surface area contributed by atoms with E-state index < -0.39 is 5.41 Å². The number of allylic oxidation sites excluding steroid dienone is 1. The maximum Gasteiger partial charge on any atom is 0.165 e. The summed E-state index contributed by atoms with van der Waals surface area (Å²) in [6, 6.07) is 14.2. The Hall–Kier alpha value is -4.00. The Bertz CT molecular complexity index is 1520. The monoisotopic (exact) mass is 480 g/mol. The lowest BCUT2D eigenvalue weighted by molar-refractivity contribution is -0.123. The van der Waals surface area contributed by atoms with Gasteiger partial charge in [0.15, 0.2) is 5.78 Å². The number of hydrogen-bond donors (Lipinski definition) is 2. The van der Waals surface area contributed by atoms with Crippen molar-refractivity contribution in [1.82, 2.24) is 19.9 Å². The number of aromatic amines is 1. The summed E-state index contributed by atoms with van der Waals surface area (Å²) in [5.74, 6) is 1.27. The number of hydrogen-bond acceptors (Lipinski definition) is 6. The van der Waals surface area contributed by atoms with Crippen molar-refractivity contribution in [2.75, 3.05) is 7.11 Å². The number of benzene rings is 2. The zero-order valence-electron chi connectivity index (χ0n) is 20.6. The van der Waals surface area contributed by atoms with Crippen LogP contribution in [0.5, 0.6) is 5.75 Å². The predicted octanol–water partition coefficient (Wildman–Crippen LogP) is 5.24. The first-order valence-corrected chi connectivity index (χ1v) is 12.3. The molecule has 0 bridgehead atoms. The molecule has 7 nitrogen and oxygen atoms in total. The highest BCUT2D eigenvalue weighted by atomic mass is 16.5. The standard InChI is InChI=1S/C29H28N4O3/c1-16-23-10-9-22-26(18-4-11-24-25(12-18)31-15-30-24)32-17(2)33-28(22)29(23,13-19(14-34)27(16)35)20-5-7-21(36-3)8-6-20/h4-8,11-12,14-16,23,34H,9-10,13H2,1-3H3,(H,30,31)/t16-,23-,29+/m0/s1. The second-order valence-electron chi connectivity index (χ2n) is 9.91. The van der Waals surface area contributed by atoms with Crippen LogP contribution >= 0.6 is 0 Å². The van der Waals surface area contributed by atoms with Gasteiger partial charge < -0.3 is 14.8 Å². The van der Waals surface area contributed by atoms with E-state index in [4.69, 9.17) is 14.7 Å². The number of ether oxygens (including phenoxy) is 1. The van der Waals surface area contributed by atoms with E-state index in [-0.39, 0.29) is 17.6 Å². The lowest BCUT2D eigenvalue weighted by atomic mass is 9.52. The molecule has 0 aliphatic heterocycles. The molecule has 2 aromatic carbocycles. The summed E-state index contributed by atoms with van der Waals surface area (Å²) in [4.78, 5) is 30.7. The summed E-state index contributed by atoms with van der Waals surface area (Å²) in [6.07, 6.45) is 4.69. The Morgan fingerprint density at radius 2 is 1.97 bits per heavy atom. The maximum atomic E-state index is 13.2. The van der Waals surface area contributed by atoms with Crippen LogP contribution in [-0.4, -0.2) is 37.9 Å². The topological polar surface area (TPSA) is 101 Å². The van der Waals surface area contributed by atoms with E-state index in [2.05, 4.69) is 34.2 Å². The molecule has 0 amide bonds. The van der Waals surface area contributed by atoms with Gasteiger partial charge in [-0.1, -0.05) is 25.1 Å². The number of nitrogens with zero attached hydrogens (tertiary/aromatic N) is 3. The molecule has 2 N–H and O–H groups in total. The van der Waals surface area contributed by atoms with E-state index in [1.165, 1.54) is 0 Å². The Morgan fingerprint density at radius 3 is 2.72 bits per heavy atom. The summed E-state index contributed by atoms with van der Waals surface area (Å²) in [7, 11) is 1.65. The van der Waals surface area contributed by atoms with Gasteiger partial charge in [-0.05, 0) is 61.9 Å². The van der Waals surface area contributed by atoms with E-state index >= 15 is 0 Å². The summed E-state index contributed by atoms with van der Waals surface area (Å²) in [5, 5.41) is 10.1. The van der Waals surface area contributed by atoms with Crippen LogP contribution < -0.4 is 4.74 Å². The Morgan fingerprint density at radius 1 is 1.17 bits per heavy atom. The number of nitrogens with one attached hydrogen (secondary N) is 1. The Balaban J connectivity index is 1.63. The fraction of sp³-hybridized carbons (Fsp3) is 0.310. The molecule has 1 fully saturated rings. The number of aryl methyl sites for hydroxylation is 1. The molecular weight excluding hydrogens is 452 g/mol. The van der Waals surface area contributed by atoms with Crippen molar-refractivity contribution in [3.63, 3.8) is 0 Å². The molecule has 4 aromatic rings. The predicted molar refractivity (Wildman–Crippen MR) is 137 cm³/mol. The highest BCUT2D eigenvalue weighted by Crippen LogP contribution is 2.56. The van der Waals surface area contributed by atoms with Gasteiger partial charge in [-0.2, -0.15) is 0 Å². The summed E-state index contributed by atoms with van der Waals surface area (Å²) in [5.41, 5.74) is 6.77. The van der Waals surface area contributed by atoms with Crippen molar-refractivity contribution in [3.05, 3.63) is 83.3 Å². The van der Waals surface area contributed by atoms with Crippen molar-refractivity contribution in [2.24, 2.45) is 11.8 Å².